The van der Waals surface area contributed by atoms with E-state index >= 15 is 0 Å². The van der Waals surface area contributed by atoms with Crippen LogP contribution in [0.3, 0.4) is 0 Å². The average Bonchev–Trinajstić information content (AvgIpc) is 3.21. The summed E-state index contributed by atoms with van der Waals surface area (Å²) in [6.07, 6.45) is 2.18. The summed E-state index contributed by atoms with van der Waals surface area (Å²) in [5, 5.41) is 0.460. The summed E-state index contributed by atoms with van der Waals surface area (Å²) in [4.78, 5) is 19.6. The Labute approximate surface area is 128 Å². The van der Waals surface area contributed by atoms with Gasteiger partial charge >= 0.3 is 0 Å². The summed E-state index contributed by atoms with van der Waals surface area (Å²) < 4.78 is 0. The van der Waals surface area contributed by atoms with Crippen LogP contribution in [-0.2, 0) is 6.54 Å². The van der Waals surface area contributed by atoms with E-state index in [2.05, 4.69) is 30.1 Å². The number of hydrogen-bond acceptors (Lipinski definition) is 4. The molecule has 1 aliphatic rings. The lowest BCUT2D eigenvalue weighted by atomic mass is 10.1. The molecule has 3 rings (SSSR count). The molecule has 0 unspecified atom stereocenters. The van der Waals surface area contributed by atoms with E-state index in [-0.39, 0.29) is 5.91 Å². The van der Waals surface area contributed by atoms with Gasteiger partial charge in [-0.3, -0.25) is 4.79 Å². The SMILES string of the molecule is Cc1cccc(CN(C(=O)c2sc(N)nc2C)C2CC2)c1. The highest BCUT2D eigenvalue weighted by atomic mass is 32.1. The van der Waals surface area contributed by atoms with E-state index in [0.717, 1.165) is 18.5 Å². The molecule has 5 heteroatoms. The lowest BCUT2D eigenvalue weighted by Gasteiger charge is -2.22. The first-order chi connectivity index (χ1) is 10.0. The fraction of sp³-hybridized carbons (Fsp3) is 0.375. The van der Waals surface area contributed by atoms with Crippen molar-refractivity contribution in [2.24, 2.45) is 0 Å². The van der Waals surface area contributed by atoms with Gasteiger partial charge in [-0.15, -0.1) is 0 Å². The largest absolute Gasteiger partial charge is 0.375 e. The van der Waals surface area contributed by atoms with Crippen LogP contribution in [0.1, 0.15) is 39.3 Å². The van der Waals surface area contributed by atoms with E-state index in [1.807, 2.05) is 17.9 Å². The highest BCUT2D eigenvalue weighted by Crippen LogP contribution is 2.32. The monoisotopic (exact) mass is 301 g/mol. The van der Waals surface area contributed by atoms with Gasteiger partial charge in [0, 0.05) is 12.6 Å². The maximum Gasteiger partial charge on any atom is 0.266 e. The van der Waals surface area contributed by atoms with Crippen LogP contribution in [0.2, 0.25) is 0 Å². The number of benzene rings is 1. The molecule has 1 aromatic carbocycles. The molecule has 1 aromatic heterocycles. The summed E-state index contributed by atoms with van der Waals surface area (Å²) in [7, 11) is 0. The van der Waals surface area contributed by atoms with Crippen LogP contribution in [0, 0.1) is 13.8 Å². The van der Waals surface area contributed by atoms with Crippen molar-refractivity contribution >= 4 is 22.4 Å². The predicted molar refractivity (Wildman–Crippen MR) is 85.3 cm³/mol. The van der Waals surface area contributed by atoms with Crippen LogP contribution in [0.25, 0.3) is 0 Å². The van der Waals surface area contributed by atoms with E-state index in [1.54, 1.807) is 0 Å². The number of nitrogens with zero attached hydrogens (tertiary/aromatic N) is 2. The Bertz CT molecular complexity index is 676. The van der Waals surface area contributed by atoms with Gasteiger partial charge in [0.05, 0.1) is 5.69 Å². The van der Waals surface area contributed by atoms with Crippen LogP contribution < -0.4 is 5.73 Å². The Hall–Kier alpha value is -1.88. The van der Waals surface area contributed by atoms with Crippen molar-refractivity contribution in [3.63, 3.8) is 0 Å². The van der Waals surface area contributed by atoms with E-state index < -0.39 is 0 Å². The molecule has 1 fully saturated rings. The number of rotatable bonds is 4. The quantitative estimate of drug-likeness (QED) is 0.943. The first-order valence-electron chi connectivity index (χ1n) is 7.14. The minimum atomic E-state index is 0.0608. The molecular formula is C16H19N3OS. The number of nitrogens with two attached hydrogens (primary N) is 1. The van der Waals surface area contributed by atoms with Crippen LogP contribution in [-0.4, -0.2) is 21.8 Å². The zero-order valence-corrected chi connectivity index (χ0v) is 13.1. The molecule has 21 heavy (non-hydrogen) atoms. The highest BCUT2D eigenvalue weighted by molar-refractivity contribution is 7.17. The number of nitrogen functional groups attached to an aromatic ring is 1. The third-order valence-electron chi connectivity index (χ3n) is 3.69. The summed E-state index contributed by atoms with van der Waals surface area (Å²) in [6, 6.07) is 8.68. The number of thiazole rings is 1. The lowest BCUT2D eigenvalue weighted by molar-refractivity contribution is 0.0734. The van der Waals surface area contributed by atoms with Gasteiger partial charge in [-0.2, -0.15) is 0 Å². The van der Waals surface area contributed by atoms with E-state index in [9.17, 15) is 4.79 Å². The summed E-state index contributed by atoms with van der Waals surface area (Å²) in [6.45, 7) is 4.57. The minimum absolute atomic E-state index is 0.0608. The number of aromatic nitrogens is 1. The molecule has 0 bridgehead atoms. The molecule has 0 aliphatic heterocycles. The first-order valence-corrected chi connectivity index (χ1v) is 7.95. The number of anilines is 1. The summed E-state index contributed by atoms with van der Waals surface area (Å²) in [5.41, 5.74) is 8.84. The number of hydrogen-bond donors (Lipinski definition) is 1. The van der Waals surface area contributed by atoms with Crippen molar-refractivity contribution in [2.45, 2.75) is 39.3 Å². The van der Waals surface area contributed by atoms with Crippen LogP contribution >= 0.6 is 11.3 Å². The highest BCUT2D eigenvalue weighted by Gasteiger charge is 2.34. The lowest BCUT2D eigenvalue weighted by Crippen LogP contribution is -2.32. The van der Waals surface area contributed by atoms with Gasteiger partial charge in [0.2, 0.25) is 0 Å². The Balaban J connectivity index is 1.85. The zero-order chi connectivity index (χ0) is 15.0. The maximum absolute atomic E-state index is 12.8. The van der Waals surface area contributed by atoms with Crippen LogP contribution in [0.15, 0.2) is 24.3 Å². The second-order valence-corrected chi connectivity index (χ2v) is 6.65. The molecule has 0 atom stereocenters. The number of amides is 1. The van der Waals surface area contributed by atoms with Gasteiger partial charge < -0.3 is 10.6 Å². The van der Waals surface area contributed by atoms with Crippen molar-refractivity contribution < 1.29 is 4.79 Å². The molecule has 1 aliphatic carbocycles. The predicted octanol–water partition coefficient (Wildman–Crippen LogP) is 3.15. The molecule has 1 heterocycles. The molecule has 0 spiro atoms. The van der Waals surface area contributed by atoms with Gasteiger partial charge in [-0.05, 0) is 32.3 Å². The fourth-order valence-electron chi connectivity index (χ4n) is 2.51. The Kier molecular flexibility index (Phi) is 3.68. The topological polar surface area (TPSA) is 59.2 Å². The number of aryl methyl sites for hydroxylation is 2. The smallest absolute Gasteiger partial charge is 0.266 e. The third-order valence-corrected chi connectivity index (χ3v) is 4.67. The normalized spacial score (nSPS) is 14.2. The molecule has 4 nitrogen and oxygen atoms in total. The van der Waals surface area contributed by atoms with Crippen molar-refractivity contribution in [1.29, 1.82) is 0 Å². The average molecular weight is 301 g/mol. The number of carbonyl (C=O) groups excluding carboxylic acids is 1. The van der Waals surface area contributed by atoms with E-state index in [1.165, 1.54) is 22.5 Å². The Morgan fingerprint density at radius 2 is 2.19 bits per heavy atom. The van der Waals surface area contributed by atoms with Gasteiger partial charge in [-0.1, -0.05) is 41.2 Å². The minimum Gasteiger partial charge on any atom is -0.375 e. The molecule has 0 radical (unpaired) electrons. The summed E-state index contributed by atoms with van der Waals surface area (Å²) >= 11 is 1.29. The van der Waals surface area contributed by atoms with Gasteiger partial charge in [0.15, 0.2) is 5.13 Å². The van der Waals surface area contributed by atoms with Gasteiger partial charge in [0.25, 0.3) is 5.91 Å². The molecule has 2 aromatic rings. The fourth-order valence-corrected chi connectivity index (χ4v) is 3.30. The number of carbonyl (C=O) groups is 1. The van der Waals surface area contributed by atoms with Crippen molar-refractivity contribution in [3.8, 4) is 0 Å². The third kappa shape index (κ3) is 3.08. The van der Waals surface area contributed by atoms with Crippen LogP contribution in [0.4, 0.5) is 5.13 Å². The van der Waals surface area contributed by atoms with E-state index in [4.69, 9.17) is 5.73 Å². The second-order valence-electron chi connectivity index (χ2n) is 5.62. The first kappa shape index (κ1) is 14.1. The van der Waals surface area contributed by atoms with Gasteiger partial charge in [-0.25, -0.2) is 4.98 Å². The molecule has 110 valence electrons. The van der Waals surface area contributed by atoms with Crippen molar-refractivity contribution in [1.82, 2.24) is 9.88 Å². The van der Waals surface area contributed by atoms with Crippen LogP contribution in [0.5, 0.6) is 0 Å². The van der Waals surface area contributed by atoms with Crippen molar-refractivity contribution in [3.05, 3.63) is 46.0 Å². The van der Waals surface area contributed by atoms with Crippen molar-refractivity contribution in [2.75, 3.05) is 5.73 Å². The molecular weight excluding hydrogens is 282 g/mol. The van der Waals surface area contributed by atoms with Gasteiger partial charge in [0.1, 0.15) is 4.88 Å². The summed E-state index contributed by atoms with van der Waals surface area (Å²) in [5.74, 6) is 0.0608. The Morgan fingerprint density at radius 3 is 2.76 bits per heavy atom. The second kappa shape index (κ2) is 5.48. The molecule has 2 N–H and O–H groups in total. The molecule has 0 saturated heterocycles. The zero-order valence-electron chi connectivity index (χ0n) is 12.3. The maximum atomic E-state index is 12.8. The molecule has 1 saturated carbocycles. The molecule has 1 amide bonds. The van der Waals surface area contributed by atoms with E-state index in [0.29, 0.717) is 22.6 Å². The Morgan fingerprint density at radius 1 is 1.43 bits per heavy atom. The standard InChI is InChI=1S/C16H19N3OS/c1-10-4-3-5-12(8-10)9-19(13-6-7-13)15(20)14-11(2)18-16(17)21-14/h3-5,8,13H,6-7,9H2,1-2H3,(H2,17,18).